The van der Waals surface area contributed by atoms with Crippen molar-refractivity contribution in [1.82, 2.24) is 15.1 Å². The highest BCUT2D eigenvalue weighted by Gasteiger charge is 2.36. The lowest BCUT2D eigenvalue weighted by Gasteiger charge is -2.20. The van der Waals surface area contributed by atoms with Gasteiger partial charge in [0.25, 0.3) is 5.91 Å². The van der Waals surface area contributed by atoms with Gasteiger partial charge in [-0.2, -0.15) is 5.10 Å². The zero-order valence-corrected chi connectivity index (χ0v) is 11.4. The number of carboxylic acid groups (broad SMARTS) is 1. The third kappa shape index (κ3) is 2.34. The van der Waals surface area contributed by atoms with Crippen LogP contribution < -0.4 is 0 Å². The van der Waals surface area contributed by atoms with Gasteiger partial charge in [0.1, 0.15) is 6.04 Å². The van der Waals surface area contributed by atoms with E-state index >= 15 is 0 Å². The lowest BCUT2D eigenvalue weighted by Crippen LogP contribution is -2.40. The van der Waals surface area contributed by atoms with E-state index < -0.39 is 12.0 Å². The average molecular weight is 265 g/mol. The first-order valence-corrected chi connectivity index (χ1v) is 6.52. The van der Waals surface area contributed by atoms with Crippen LogP contribution in [0.15, 0.2) is 0 Å². The summed E-state index contributed by atoms with van der Waals surface area (Å²) in [6, 6.07) is -0.717. The van der Waals surface area contributed by atoms with Crippen LogP contribution in [-0.2, 0) is 4.79 Å². The van der Waals surface area contributed by atoms with Crippen molar-refractivity contribution in [3.8, 4) is 0 Å². The molecule has 19 heavy (non-hydrogen) atoms. The molecule has 1 aromatic heterocycles. The zero-order valence-electron chi connectivity index (χ0n) is 11.4. The summed E-state index contributed by atoms with van der Waals surface area (Å²) < 4.78 is 0. The smallest absolute Gasteiger partial charge is 0.326 e. The highest BCUT2D eigenvalue weighted by molar-refractivity contribution is 5.96. The second-order valence-electron chi connectivity index (χ2n) is 5.26. The summed E-state index contributed by atoms with van der Waals surface area (Å²) >= 11 is 0. The number of hydrogen-bond donors (Lipinski definition) is 2. The van der Waals surface area contributed by atoms with Gasteiger partial charge in [0, 0.05) is 17.8 Å². The lowest BCUT2D eigenvalue weighted by atomic mass is 10.0. The van der Waals surface area contributed by atoms with E-state index in [0.717, 1.165) is 17.7 Å². The minimum atomic E-state index is -0.942. The van der Waals surface area contributed by atoms with Gasteiger partial charge in [-0.3, -0.25) is 9.89 Å². The van der Waals surface area contributed by atoms with E-state index in [1.807, 2.05) is 20.8 Å². The molecular weight excluding hydrogens is 246 g/mol. The van der Waals surface area contributed by atoms with Crippen molar-refractivity contribution in [2.24, 2.45) is 0 Å². The minimum Gasteiger partial charge on any atom is -0.480 e. The number of aliphatic carboxylic acids is 1. The number of H-pyrrole nitrogens is 1. The molecule has 0 saturated carbocycles. The van der Waals surface area contributed by atoms with Gasteiger partial charge in [-0.25, -0.2) is 4.79 Å². The molecule has 0 aliphatic carbocycles. The Morgan fingerprint density at radius 1 is 1.47 bits per heavy atom. The Morgan fingerprint density at radius 2 is 2.16 bits per heavy atom. The third-order valence-corrected chi connectivity index (χ3v) is 3.63. The van der Waals surface area contributed by atoms with Crippen LogP contribution in [0.25, 0.3) is 0 Å². The van der Waals surface area contributed by atoms with Crippen LogP contribution in [-0.4, -0.2) is 44.7 Å². The van der Waals surface area contributed by atoms with E-state index in [-0.39, 0.29) is 11.8 Å². The molecule has 2 heterocycles. The van der Waals surface area contributed by atoms with Crippen LogP contribution in [0.5, 0.6) is 0 Å². The molecule has 1 aliphatic heterocycles. The average Bonchev–Trinajstić information content (AvgIpc) is 2.93. The van der Waals surface area contributed by atoms with Crippen molar-refractivity contribution < 1.29 is 14.7 Å². The molecule has 104 valence electrons. The van der Waals surface area contributed by atoms with Gasteiger partial charge in [-0.1, -0.05) is 13.8 Å². The summed E-state index contributed by atoms with van der Waals surface area (Å²) in [5.74, 6) is -0.975. The molecular formula is C13H19N3O3. The summed E-state index contributed by atoms with van der Waals surface area (Å²) in [5, 5.41) is 16.1. The van der Waals surface area contributed by atoms with Crippen LogP contribution >= 0.6 is 0 Å². The van der Waals surface area contributed by atoms with E-state index in [9.17, 15) is 9.59 Å². The summed E-state index contributed by atoms with van der Waals surface area (Å²) in [7, 11) is 0. The second kappa shape index (κ2) is 5.03. The Balaban J connectivity index is 2.27. The number of likely N-dealkylation sites (tertiary alicyclic amines) is 1. The molecule has 1 atom stereocenters. The molecule has 1 aromatic rings. The third-order valence-electron chi connectivity index (χ3n) is 3.63. The van der Waals surface area contributed by atoms with Gasteiger partial charge < -0.3 is 10.0 Å². The maximum Gasteiger partial charge on any atom is 0.326 e. The lowest BCUT2D eigenvalue weighted by molar-refractivity contribution is -0.141. The molecule has 1 saturated heterocycles. The fourth-order valence-corrected chi connectivity index (χ4v) is 2.58. The molecule has 6 nitrogen and oxygen atoms in total. The number of rotatable bonds is 3. The van der Waals surface area contributed by atoms with Crippen LogP contribution in [0.4, 0.5) is 0 Å². The van der Waals surface area contributed by atoms with Gasteiger partial charge in [0.05, 0.1) is 0 Å². The highest BCUT2D eigenvalue weighted by Crippen LogP contribution is 2.24. The van der Waals surface area contributed by atoms with Gasteiger partial charge in [0.2, 0.25) is 0 Å². The first-order valence-electron chi connectivity index (χ1n) is 6.52. The number of carboxylic acids is 1. The quantitative estimate of drug-likeness (QED) is 0.867. The monoisotopic (exact) mass is 265 g/mol. The SMILES string of the molecule is Cc1c(C(=O)N2CCC[C@H]2C(=O)O)n[nH]c1C(C)C. The molecule has 1 amide bonds. The predicted octanol–water partition coefficient (Wildman–Crippen LogP) is 1.53. The summed E-state index contributed by atoms with van der Waals surface area (Å²) in [6.07, 6.45) is 1.24. The molecule has 2 rings (SSSR count). The Bertz CT molecular complexity index is 507. The Kier molecular flexibility index (Phi) is 3.59. The van der Waals surface area contributed by atoms with E-state index in [1.165, 1.54) is 4.90 Å². The Hall–Kier alpha value is -1.85. The number of hydrogen-bond acceptors (Lipinski definition) is 3. The van der Waals surface area contributed by atoms with Gasteiger partial charge in [-0.15, -0.1) is 0 Å². The first kappa shape index (κ1) is 13.6. The van der Waals surface area contributed by atoms with Crippen LogP contribution in [0.3, 0.4) is 0 Å². The zero-order chi connectivity index (χ0) is 14.2. The van der Waals surface area contributed by atoms with Gasteiger partial charge in [-0.05, 0) is 25.7 Å². The fourth-order valence-electron chi connectivity index (χ4n) is 2.58. The summed E-state index contributed by atoms with van der Waals surface area (Å²) in [6.45, 7) is 6.37. The molecule has 0 bridgehead atoms. The first-order chi connectivity index (χ1) is 8.93. The van der Waals surface area contributed by atoms with E-state index in [0.29, 0.717) is 18.7 Å². The summed E-state index contributed by atoms with van der Waals surface area (Å²) in [5.41, 5.74) is 2.09. The Labute approximate surface area is 111 Å². The van der Waals surface area contributed by atoms with Crippen molar-refractivity contribution in [2.75, 3.05) is 6.54 Å². The maximum absolute atomic E-state index is 12.4. The van der Waals surface area contributed by atoms with Crippen molar-refractivity contribution in [1.29, 1.82) is 0 Å². The van der Waals surface area contributed by atoms with Crippen LogP contribution in [0.2, 0.25) is 0 Å². The van der Waals surface area contributed by atoms with Gasteiger partial charge in [0.15, 0.2) is 5.69 Å². The van der Waals surface area contributed by atoms with Crippen molar-refractivity contribution >= 4 is 11.9 Å². The number of amides is 1. The standard InChI is InChI=1S/C13H19N3O3/c1-7(2)10-8(3)11(15-14-10)12(17)16-6-4-5-9(16)13(18)19/h7,9H,4-6H2,1-3H3,(H,14,15)(H,18,19)/t9-/m0/s1. The number of aromatic nitrogens is 2. The maximum atomic E-state index is 12.4. The number of carbonyl (C=O) groups excluding carboxylic acids is 1. The fraction of sp³-hybridized carbons (Fsp3) is 0.615. The van der Waals surface area contributed by atoms with Crippen molar-refractivity contribution in [2.45, 2.75) is 45.6 Å². The minimum absolute atomic E-state index is 0.253. The van der Waals surface area contributed by atoms with Crippen LogP contribution in [0.1, 0.15) is 54.4 Å². The number of carbonyl (C=O) groups is 2. The van der Waals surface area contributed by atoms with E-state index in [2.05, 4.69) is 10.2 Å². The molecule has 1 aliphatic rings. The van der Waals surface area contributed by atoms with Crippen LogP contribution in [0, 0.1) is 6.92 Å². The highest BCUT2D eigenvalue weighted by atomic mass is 16.4. The molecule has 2 N–H and O–H groups in total. The second-order valence-corrected chi connectivity index (χ2v) is 5.26. The number of nitrogens with zero attached hydrogens (tertiary/aromatic N) is 2. The molecule has 0 aromatic carbocycles. The van der Waals surface area contributed by atoms with E-state index in [4.69, 9.17) is 5.11 Å². The largest absolute Gasteiger partial charge is 0.480 e. The molecule has 0 radical (unpaired) electrons. The molecule has 0 unspecified atom stereocenters. The van der Waals surface area contributed by atoms with E-state index in [1.54, 1.807) is 0 Å². The number of nitrogens with one attached hydrogen (secondary N) is 1. The molecule has 6 heteroatoms. The normalized spacial score (nSPS) is 19.2. The summed E-state index contributed by atoms with van der Waals surface area (Å²) in [4.78, 5) is 24.9. The topological polar surface area (TPSA) is 86.3 Å². The van der Waals surface area contributed by atoms with Gasteiger partial charge >= 0.3 is 5.97 Å². The predicted molar refractivity (Wildman–Crippen MR) is 69.1 cm³/mol. The number of aromatic amines is 1. The van der Waals surface area contributed by atoms with Crippen molar-refractivity contribution in [3.63, 3.8) is 0 Å². The molecule has 0 spiro atoms. The van der Waals surface area contributed by atoms with Crippen molar-refractivity contribution in [3.05, 3.63) is 17.0 Å². The molecule has 1 fully saturated rings. The Morgan fingerprint density at radius 3 is 2.68 bits per heavy atom.